The van der Waals surface area contributed by atoms with E-state index in [1.807, 2.05) is 69.8 Å². The second kappa shape index (κ2) is 8.84. The summed E-state index contributed by atoms with van der Waals surface area (Å²) in [6.07, 6.45) is 15.2. The first-order valence-electron chi connectivity index (χ1n) is 5.63. The van der Waals surface area contributed by atoms with E-state index >= 15 is 0 Å². The van der Waals surface area contributed by atoms with Crippen molar-refractivity contribution in [1.82, 2.24) is 9.13 Å². The van der Waals surface area contributed by atoms with Crippen molar-refractivity contribution in [3.8, 4) is 0 Å². The lowest BCUT2D eigenvalue weighted by Gasteiger charge is -2.06. The van der Waals surface area contributed by atoms with Gasteiger partial charge in [-0.15, -0.1) is 0 Å². The van der Waals surface area contributed by atoms with Crippen LogP contribution in [0.1, 0.15) is 0 Å². The molecule has 0 radical (unpaired) electrons. The van der Waals surface area contributed by atoms with Gasteiger partial charge in [0.25, 0.3) is 0 Å². The Labute approximate surface area is 124 Å². The molecule has 0 N–H and O–H groups in total. The van der Waals surface area contributed by atoms with Crippen LogP contribution in [0.4, 0.5) is 0 Å². The van der Waals surface area contributed by atoms with Crippen LogP contribution in [0.2, 0.25) is 0 Å². The molecule has 0 unspecified atom stereocenters. The third-order valence-electron chi connectivity index (χ3n) is 2.00. The molecule has 0 amide bonds. The van der Waals surface area contributed by atoms with Crippen molar-refractivity contribution in [2.45, 2.75) is 0 Å². The summed E-state index contributed by atoms with van der Waals surface area (Å²) in [6, 6.07) is 0. The van der Waals surface area contributed by atoms with Crippen LogP contribution >= 0.6 is 0 Å². The zero-order chi connectivity index (χ0) is 16.5. The Bertz CT molecular complexity index is 621. The van der Waals surface area contributed by atoms with Crippen molar-refractivity contribution in [1.29, 1.82) is 0 Å². The van der Waals surface area contributed by atoms with E-state index in [9.17, 15) is 0 Å². The zero-order valence-corrected chi connectivity index (χ0v) is 12.7. The van der Waals surface area contributed by atoms with Crippen LogP contribution in [0, 0.1) is 0 Å². The smallest absolute Gasteiger partial charge is 0.248 e. The van der Waals surface area contributed by atoms with Gasteiger partial charge in [0.2, 0.25) is 12.7 Å². The van der Waals surface area contributed by atoms with E-state index in [2.05, 4.69) is 13.2 Å². The lowest BCUT2D eigenvalue weighted by Crippen LogP contribution is -2.23. The number of rotatable bonds is 2. The van der Waals surface area contributed by atoms with Crippen molar-refractivity contribution < 1.29 is 26.7 Å². The largest absolute Gasteiger partial charge is 0.759 e. The first-order chi connectivity index (χ1) is 9.65. The number of nitrogens with zero attached hydrogens (tertiary/aromatic N) is 4. The topological polar surface area (TPSA) is 97.9 Å². The lowest BCUT2D eigenvalue weighted by molar-refractivity contribution is -0.670. The quantitative estimate of drug-likeness (QED) is 0.423. The fraction of sp³-hybridized carbons (Fsp3) is 0.167. The van der Waals surface area contributed by atoms with Gasteiger partial charge in [0, 0.05) is 10.4 Å². The Balaban J connectivity index is 0.000000296. The first kappa shape index (κ1) is 18.8. The Hall–Kier alpha value is -2.23. The van der Waals surface area contributed by atoms with E-state index < -0.39 is 10.4 Å². The molecule has 0 fully saturated rings. The molecule has 0 aromatic carbocycles. The summed E-state index contributed by atoms with van der Waals surface area (Å²) in [6.45, 7) is 7.19. The number of hydrogen-bond donors (Lipinski definition) is 0. The van der Waals surface area contributed by atoms with Gasteiger partial charge in [-0.2, -0.15) is 0 Å². The predicted molar refractivity (Wildman–Crippen MR) is 74.5 cm³/mol. The fourth-order valence-corrected chi connectivity index (χ4v) is 1.15. The van der Waals surface area contributed by atoms with E-state index in [1.165, 1.54) is 0 Å². The fourth-order valence-electron chi connectivity index (χ4n) is 1.15. The van der Waals surface area contributed by atoms with E-state index in [0.29, 0.717) is 0 Å². The van der Waals surface area contributed by atoms with Crippen LogP contribution < -0.4 is 9.13 Å². The van der Waals surface area contributed by atoms with Gasteiger partial charge in [0.15, 0.2) is 0 Å². The molecule has 116 valence electrons. The maximum absolute atomic E-state index is 8.52. The zero-order valence-electron chi connectivity index (χ0n) is 11.9. The van der Waals surface area contributed by atoms with E-state index in [-0.39, 0.29) is 0 Å². The monoisotopic (exact) mass is 314 g/mol. The van der Waals surface area contributed by atoms with Gasteiger partial charge in [-0.3, -0.25) is 8.42 Å². The van der Waals surface area contributed by atoms with Crippen molar-refractivity contribution in [3.63, 3.8) is 0 Å². The number of imidazole rings is 2. The van der Waals surface area contributed by atoms with Crippen LogP contribution in [0.25, 0.3) is 12.4 Å². The molecule has 0 saturated carbocycles. The predicted octanol–water partition coefficient (Wildman–Crippen LogP) is -0.512. The highest BCUT2D eigenvalue weighted by molar-refractivity contribution is 7.79. The second-order valence-electron chi connectivity index (χ2n) is 3.83. The molecule has 0 saturated heterocycles. The maximum atomic E-state index is 8.52. The molecular formula is C12H18N4O4S. The molecule has 2 rings (SSSR count). The van der Waals surface area contributed by atoms with Crippen LogP contribution in [-0.2, 0) is 24.5 Å². The Kier molecular flexibility index (Phi) is 7.91. The highest BCUT2D eigenvalue weighted by atomic mass is 32.3. The summed E-state index contributed by atoms with van der Waals surface area (Å²) in [5.41, 5.74) is 0. The molecule has 0 bridgehead atoms. The molecule has 0 atom stereocenters. The molecule has 0 aliphatic carbocycles. The van der Waals surface area contributed by atoms with Crippen LogP contribution in [0.5, 0.6) is 0 Å². The Morgan fingerprint density at radius 3 is 1.33 bits per heavy atom. The van der Waals surface area contributed by atoms with Gasteiger partial charge in [-0.1, -0.05) is 13.2 Å². The van der Waals surface area contributed by atoms with Crippen molar-refractivity contribution in [2.75, 3.05) is 0 Å². The van der Waals surface area contributed by atoms with Crippen molar-refractivity contribution in [2.24, 2.45) is 14.1 Å². The van der Waals surface area contributed by atoms with E-state index in [4.69, 9.17) is 17.5 Å². The molecule has 2 aromatic heterocycles. The van der Waals surface area contributed by atoms with Gasteiger partial charge in [-0.25, -0.2) is 18.3 Å². The normalized spacial score (nSPS) is 9.71. The van der Waals surface area contributed by atoms with Crippen LogP contribution in [0.15, 0.2) is 50.6 Å². The Morgan fingerprint density at radius 2 is 1.24 bits per heavy atom. The molecule has 2 heterocycles. The van der Waals surface area contributed by atoms with Crippen LogP contribution in [0.3, 0.4) is 0 Å². The number of aromatic nitrogens is 4. The summed E-state index contributed by atoms with van der Waals surface area (Å²) in [7, 11) is -1.22. The molecule has 21 heavy (non-hydrogen) atoms. The molecule has 2 aromatic rings. The minimum atomic E-state index is -5.17. The summed E-state index contributed by atoms with van der Waals surface area (Å²) in [4.78, 5) is 0. The molecule has 0 aliphatic heterocycles. The summed E-state index contributed by atoms with van der Waals surface area (Å²) in [5, 5.41) is 0. The second-order valence-corrected chi connectivity index (χ2v) is 4.64. The molecule has 0 aliphatic rings. The van der Waals surface area contributed by atoms with Gasteiger partial charge in [0.1, 0.15) is 24.8 Å². The summed E-state index contributed by atoms with van der Waals surface area (Å²) in [5.74, 6) is 0. The third kappa shape index (κ3) is 11.3. The SMILES string of the molecule is C=Cn1cc[n+](C)c1.C=Cn1cc[n+](C)c1.O=S(=O)([O-])[O-]. The molecule has 0 spiro atoms. The highest BCUT2D eigenvalue weighted by Gasteiger charge is 1.90. The average Bonchev–Trinajstić information content (AvgIpc) is 2.96. The van der Waals surface area contributed by atoms with Gasteiger partial charge < -0.3 is 9.11 Å². The standard InChI is InChI=1S/2C6H9N2.H2O4S/c2*1-3-8-5-4-7(2)6-8;1-5(2,3)4/h2*3-6H,1H2,2H3;(H2,1,2,3,4)/q2*+1;/p-2. The first-order valence-corrected chi connectivity index (χ1v) is 6.96. The minimum Gasteiger partial charge on any atom is -0.759 e. The van der Waals surface area contributed by atoms with E-state index in [1.54, 1.807) is 12.4 Å². The van der Waals surface area contributed by atoms with E-state index in [0.717, 1.165) is 0 Å². The summed E-state index contributed by atoms with van der Waals surface area (Å²) >= 11 is 0. The van der Waals surface area contributed by atoms with Crippen LogP contribution in [-0.4, -0.2) is 26.7 Å². The molecule has 9 heteroatoms. The van der Waals surface area contributed by atoms with Crippen molar-refractivity contribution >= 4 is 22.8 Å². The van der Waals surface area contributed by atoms with Gasteiger partial charge in [-0.05, 0) is 0 Å². The number of aryl methyl sites for hydroxylation is 2. The van der Waals surface area contributed by atoms with Gasteiger partial charge >= 0.3 is 0 Å². The van der Waals surface area contributed by atoms with Gasteiger partial charge in [0.05, 0.1) is 26.5 Å². The average molecular weight is 314 g/mol. The Morgan fingerprint density at radius 1 is 0.952 bits per heavy atom. The lowest BCUT2D eigenvalue weighted by atomic mass is 10.8. The number of hydrogen-bond acceptors (Lipinski definition) is 4. The molecular weight excluding hydrogens is 296 g/mol. The molecule has 8 nitrogen and oxygen atoms in total. The minimum absolute atomic E-state index is 1.75. The maximum Gasteiger partial charge on any atom is 0.248 e. The highest BCUT2D eigenvalue weighted by Crippen LogP contribution is 1.80. The summed E-state index contributed by atoms with van der Waals surface area (Å²) < 4.78 is 41.8. The van der Waals surface area contributed by atoms with Crippen molar-refractivity contribution in [3.05, 3.63) is 50.6 Å². The third-order valence-corrected chi connectivity index (χ3v) is 2.00.